The normalized spacial score (nSPS) is 21.3. The average Bonchev–Trinajstić information content (AvgIpc) is 2.84. The molecule has 0 aliphatic carbocycles. The van der Waals surface area contributed by atoms with Crippen molar-refractivity contribution in [3.05, 3.63) is 0 Å². The van der Waals surface area contributed by atoms with E-state index >= 15 is 0 Å². The smallest absolute Gasteiger partial charge is 0.239 e. The molecule has 0 aromatic heterocycles. The van der Waals surface area contributed by atoms with Crippen LogP contribution in [0.5, 0.6) is 0 Å². The van der Waals surface area contributed by atoms with Crippen molar-refractivity contribution >= 4 is 15.7 Å². The van der Waals surface area contributed by atoms with Gasteiger partial charge in [-0.05, 0) is 19.8 Å². The highest BCUT2D eigenvalue weighted by Gasteiger charge is 2.25. The first-order chi connectivity index (χ1) is 8.83. The van der Waals surface area contributed by atoms with Gasteiger partial charge < -0.3 is 15.4 Å². The summed E-state index contributed by atoms with van der Waals surface area (Å²) in [6.07, 6.45) is 2.29. The van der Waals surface area contributed by atoms with Gasteiger partial charge in [-0.1, -0.05) is 0 Å². The van der Waals surface area contributed by atoms with Gasteiger partial charge in [-0.15, -0.1) is 0 Å². The minimum Gasteiger partial charge on any atom is -0.381 e. The number of sulfone groups is 1. The number of rotatable bonds is 7. The molecule has 1 fully saturated rings. The van der Waals surface area contributed by atoms with Crippen molar-refractivity contribution in [1.29, 1.82) is 0 Å². The Kier molecular flexibility index (Phi) is 6.22. The molecule has 0 aromatic rings. The number of nitrogens with zero attached hydrogens (tertiary/aromatic N) is 1. The van der Waals surface area contributed by atoms with Crippen LogP contribution in [0.1, 0.15) is 19.8 Å². The summed E-state index contributed by atoms with van der Waals surface area (Å²) in [6.45, 7) is 4.56. The first kappa shape index (κ1) is 16.4. The van der Waals surface area contributed by atoms with E-state index in [1.165, 1.54) is 0 Å². The maximum atomic E-state index is 12.1. The molecule has 0 radical (unpaired) electrons. The van der Waals surface area contributed by atoms with Gasteiger partial charge in [0.05, 0.1) is 18.4 Å². The largest absolute Gasteiger partial charge is 0.381 e. The number of carbonyl (C=O) groups excluding carboxylic acids is 1. The summed E-state index contributed by atoms with van der Waals surface area (Å²) in [5.74, 6) is 0.147. The molecule has 1 amide bonds. The predicted octanol–water partition coefficient (Wildman–Crippen LogP) is -0.367. The lowest BCUT2D eigenvalue weighted by Gasteiger charge is -2.26. The van der Waals surface area contributed by atoms with Gasteiger partial charge in [-0.3, -0.25) is 4.79 Å². The summed E-state index contributed by atoms with van der Waals surface area (Å²) in [5, 5.41) is 0. The monoisotopic (exact) mass is 292 g/mol. The van der Waals surface area contributed by atoms with Crippen molar-refractivity contribution in [1.82, 2.24) is 4.90 Å². The predicted molar refractivity (Wildman–Crippen MR) is 73.5 cm³/mol. The fourth-order valence-corrected chi connectivity index (χ4v) is 2.80. The van der Waals surface area contributed by atoms with Crippen LogP contribution in [0, 0.1) is 5.92 Å². The second kappa shape index (κ2) is 7.21. The second-order valence-electron chi connectivity index (χ2n) is 5.13. The zero-order chi connectivity index (χ0) is 14.5. The summed E-state index contributed by atoms with van der Waals surface area (Å²) < 4.78 is 27.4. The Hall–Kier alpha value is -0.660. The highest BCUT2D eigenvalue weighted by Crippen LogP contribution is 2.14. The Balaban J connectivity index is 2.47. The SMILES string of the molecule is CCN(CC1CCOC1)C(=O)C(N)CCS(C)(=O)=O. The molecule has 1 aliphatic rings. The van der Waals surface area contributed by atoms with Crippen molar-refractivity contribution in [2.75, 3.05) is 38.3 Å². The molecule has 7 heteroatoms. The number of nitrogens with two attached hydrogens (primary N) is 1. The molecule has 1 heterocycles. The number of hydrogen-bond donors (Lipinski definition) is 1. The molecule has 1 rings (SSSR count). The van der Waals surface area contributed by atoms with E-state index in [-0.39, 0.29) is 18.1 Å². The summed E-state index contributed by atoms with van der Waals surface area (Å²) in [4.78, 5) is 13.8. The van der Waals surface area contributed by atoms with E-state index in [1.54, 1.807) is 4.90 Å². The van der Waals surface area contributed by atoms with Crippen LogP contribution in [0.25, 0.3) is 0 Å². The van der Waals surface area contributed by atoms with Gasteiger partial charge in [0, 0.05) is 31.9 Å². The van der Waals surface area contributed by atoms with Crippen molar-refractivity contribution < 1.29 is 17.9 Å². The van der Waals surface area contributed by atoms with E-state index in [9.17, 15) is 13.2 Å². The summed E-state index contributed by atoms with van der Waals surface area (Å²) in [5.41, 5.74) is 5.79. The third kappa shape index (κ3) is 5.88. The quantitative estimate of drug-likeness (QED) is 0.691. The fraction of sp³-hybridized carbons (Fsp3) is 0.917. The van der Waals surface area contributed by atoms with Crippen LogP contribution >= 0.6 is 0 Å². The van der Waals surface area contributed by atoms with Crippen LogP contribution < -0.4 is 5.73 Å². The number of carbonyl (C=O) groups is 1. The molecule has 0 spiro atoms. The van der Waals surface area contributed by atoms with Gasteiger partial charge in [0.1, 0.15) is 9.84 Å². The van der Waals surface area contributed by atoms with Gasteiger partial charge >= 0.3 is 0 Å². The Labute approximate surface area is 115 Å². The molecule has 2 unspecified atom stereocenters. The number of likely N-dealkylation sites (N-methyl/N-ethyl adjacent to an activating group) is 1. The van der Waals surface area contributed by atoms with E-state index in [2.05, 4.69) is 0 Å². The maximum Gasteiger partial charge on any atom is 0.239 e. The van der Waals surface area contributed by atoms with Crippen LogP contribution in [0.4, 0.5) is 0 Å². The van der Waals surface area contributed by atoms with E-state index in [4.69, 9.17) is 10.5 Å². The summed E-state index contributed by atoms with van der Waals surface area (Å²) in [7, 11) is -3.08. The van der Waals surface area contributed by atoms with Crippen molar-refractivity contribution in [3.63, 3.8) is 0 Å². The first-order valence-electron chi connectivity index (χ1n) is 6.63. The Morgan fingerprint density at radius 2 is 2.21 bits per heavy atom. The lowest BCUT2D eigenvalue weighted by molar-refractivity contribution is -0.133. The van der Waals surface area contributed by atoms with Crippen molar-refractivity contribution in [2.45, 2.75) is 25.8 Å². The van der Waals surface area contributed by atoms with Crippen molar-refractivity contribution in [2.24, 2.45) is 11.7 Å². The zero-order valence-corrected chi connectivity index (χ0v) is 12.5. The molecular formula is C12H24N2O4S. The van der Waals surface area contributed by atoms with Gasteiger partial charge in [0.2, 0.25) is 5.91 Å². The number of amides is 1. The van der Waals surface area contributed by atoms with Crippen LogP contribution in [-0.4, -0.2) is 63.6 Å². The molecule has 2 atom stereocenters. The van der Waals surface area contributed by atoms with Gasteiger partial charge in [-0.2, -0.15) is 0 Å². The van der Waals surface area contributed by atoms with Gasteiger partial charge in [-0.25, -0.2) is 8.42 Å². The number of ether oxygens (including phenoxy) is 1. The Bertz CT molecular complexity index is 391. The standard InChI is InChI=1S/C12H24N2O4S/c1-3-14(8-10-4-6-18-9-10)12(15)11(13)5-7-19(2,16)17/h10-11H,3-9,13H2,1-2H3. The minimum atomic E-state index is -3.08. The van der Waals surface area contributed by atoms with Crippen LogP contribution in [-0.2, 0) is 19.4 Å². The molecule has 2 N–H and O–H groups in total. The van der Waals surface area contributed by atoms with E-state index in [0.29, 0.717) is 25.6 Å². The molecular weight excluding hydrogens is 268 g/mol. The molecule has 1 saturated heterocycles. The molecule has 0 bridgehead atoms. The van der Waals surface area contributed by atoms with Crippen LogP contribution in [0.15, 0.2) is 0 Å². The minimum absolute atomic E-state index is 0.0516. The third-order valence-corrected chi connectivity index (χ3v) is 4.29. The van der Waals surface area contributed by atoms with Crippen LogP contribution in [0.3, 0.4) is 0 Å². The lowest BCUT2D eigenvalue weighted by Crippen LogP contribution is -2.46. The van der Waals surface area contributed by atoms with E-state index in [1.807, 2.05) is 6.92 Å². The molecule has 112 valence electrons. The van der Waals surface area contributed by atoms with Crippen LogP contribution in [0.2, 0.25) is 0 Å². The summed E-state index contributed by atoms with van der Waals surface area (Å²) >= 11 is 0. The van der Waals surface area contributed by atoms with E-state index < -0.39 is 15.9 Å². The Morgan fingerprint density at radius 1 is 1.53 bits per heavy atom. The molecule has 0 aromatic carbocycles. The van der Waals surface area contributed by atoms with Crippen molar-refractivity contribution in [3.8, 4) is 0 Å². The average molecular weight is 292 g/mol. The topological polar surface area (TPSA) is 89.7 Å². The highest BCUT2D eigenvalue weighted by atomic mass is 32.2. The molecule has 1 aliphatic heterocycles. The van der Waals surface area contributed by atoms with E-state index in [0.717, 1.165) is 19.3 Å². The molecule has 0 saturated carbocycles. The molecule has 19 heavy (non-hydrogen) atoms. The second-order valence-corrected chi connectivity index (χ2v) is 7.39. The number of hydrogen-bond acceptors (Lipinski definition) is 5. The fourth-order valence-electron chi connectivity index (χ4n) is 2.11. The first-order valence-corrected chi connectivity index (χ1v) is 8.69. The van der Waals surface area contributed by atoms with Gasteiger partial charge in [0.25, 0.3) is 0 Å². The zero-order valence-electron chi connectivity index (χ0n) is 11.7. The maximum absolute atomic E-state index is 12.1. The van der Waals surface area contributed by atoms with Gasteiger partial charge in [0.15, 0.2) is 0 Å². The molecule has 6 nitrogen and oxygen atoms in total. The Morgan fingerprint density at radius 3 is 2.68 bits per heavy atom. The highest BCUT2D eigenvalue weighted by molar-refractivity contribution is 7.90. The third-order valence-electron chi connectivity index (χ3n) is 3.31. The lowest BCUT2D eigenvalue weighted by atomic mass is 10.1. The summed E-state index contributed by atoms with van der Waals surface area (Å²) in [6, 6.07) is -0.739.